The molecule has 1 aliphatic rings. The fraction of sp³-hybridized carbons (Fsp3) is 0.296. The van der Waals surface area contributed by atoms with Crippen molar-refractivity contribution in [1.82, 2.24) is 0 Å². The summed E-state index contributed by atoms with van der Waals surface area (Å²) in [4.78, 5) is 12.1. The largest absolute Gasteiger partial charge is 0.407 e. The quantitative estimate of drug-likeness (QED) is 0.413. The van der Waals surface area contributed by atoms with Gasteiger partial charge in [-0.3, -0.25) is 0 Å². The standard InChI is InChI=1S/C27H30O2Si/c1-26(2,3)30(24-15-9-5-10-16-24,25-17-11-6-12-18-25)29-20-23-19-27(23,21-28)22-13-7-4-8-14-22/h4-18,21,23H,19-20H2,1-3H3/t23-,27+/m0/s1. The van der Waals surface area contributed by atoms with Crippen LogP contribution in [0.2, 0.25) is 5.04 Å². The summed E-state index contributed by atoms with van der Waals surface area (Å²) in [5.74, 6) is 0.221. The molecule has 0 N–H and O–H groups in total. The van der Waals surface area contributed by atoms with Crippen LogP contribution in [0, 0.1) is 5.92 Å². The van der Waals surface area contributed by atoms with Crippen molar-refractivity contribution in [2.75, 3.05) is 6.61 Å². The first-order valence-corrected chi connectivity index (χ1v) is 12.6. The van der Waals surface area contributed by atoms with Crippen LogP contribution in [0.5, 0.6) is 0 Å². The molecule has 0 bridgehead atoms. The number of benzene rings is 3. The van der Waals surface area contributed by atoms with Crippen molar-refractivity contribution in [3.63, 3.8) is 0 Å². The Morgan fingerprint density at radius 2 is 1.33 bits per heavy atom. The predicted molar refractivity (Wildman–Crippen MR) is 126 cm³/mol. The second kappa shape index (κ2) is 7.97. The average Bonchev–Trinajstić information content (AvgIpc) is 3.50. The Morgan fingerprint density at radius 3 is 1.77 bits per heavy atom. The minimum Gasteiger partial charge on any atom is -0.407 e. The molecular weight excluding hydrogens is 384 g/mol. The van der Waals surface area contributed by atoms with E-state index in [9.17, 15) is 4.79 Å². The van der Waals surface area contributed by atoms with Crippen molar-refractivity contribution >= 4 is 25.0 Å². The number of aldehydes is 1. The molecule has 1 saturated carbocycles. The van der Waals surface area contributed by atoms with Gasteiger partial charge in [0, 0.05) is 6.61 Å². The summed E-state index contributed by atoms with van der Waals surface area (Å²) in [7, 11) is -2.56. The van der Waals surface area contributed by atoms with Gasteiger partial charge in [-0.05, 0) is 33.3 Å². The summed E-state index contributed by atoms with van der Waals surface area (Å²) in [5, 5.41) is 2.50. The van der Waals surface area contributed by atoms with Crippen LogP contribution < -0.4 is 10.4 Å². The van der Waals surface area contributed by atoms with E-state index < -0.39 is 13.7 Å². The van der Waals surface area contributed by atoms with Crippen LogP contribution in [-0.4, -0.2) is 21.2 Å². The summed E-state index contributed by atoms with van der Waals surface area (Å²) in [6.45, 7) is 7.46. The fourth-order valence-electron chi connectivity index (χ4n) is 4.86. The van der Waals surface area contributed by atoms with Crippen molar-refractivity contribution < 1.29 is 9.22 Å². The van der Waals surface area contributed by atoms with Crippen LogP contribution in [-0.2, 0) is 14.6 Å². The SMILES string of the molecule is CC(C)(C)[Si](OC[C@@H]1C[C@@]1(C=O)c1ccccc1)(c1ccccc1)c1ccccc1. The molecule has 3 aromatic rings. The summed E-state index contributed by atoms with van der Waals surface area (Å²) >= 11 is 0. The molecule has 0 saturated heterocycles. The number of hydrogen-bond acceptors (Lipinski definition) is 2. The number of carbonyl (C=O) groups is 1. The van der Waals surface area contributed by atoms with Crippen molar-refractivity contribution in [2.24, 2.45) is 5.92 Å². The molecule has 1 fully saturated rings. The first-order valence-electron chi connectivity index (χ1n) is 10.7. The first-order chi connectivity index (χ1) is 14.4. The van der Waals surface area contributed by atoms with Gasteiger partial charge in [0.25, 0.3) is 8.32 Å². The van der Waals surface area contributed by atoms with Gasteiger partial charge in [0.05, 0.1) is 5.41 Å². The Bertz CT molecular complexity index is 940. The molecule has 0 heterocycles. The number of carbonyl (C=O) groups excluding carboxylic acids is 1. The van der Waals surface area contributed by atoms with Crippen LogP contribution in [0.1, 0.15) is 32.8 Å². The highest BCUT2D eigenvalue weighted by atomic mass is 28.4. The minimum absolute atomic E-state index is 0.0544. The zero-order chi connectivity index (χ0) is 21.2. The Balaban J connectivity index is 1.71. The number of rotatable bonds is 7. The maximum absolute atomic E-state index is 12.1. The first kappa shape index (κ1) is 20.8. The van der Waals surface area contributed by atoms with Crippen molar-refractivity contribution in [3.8, 4) is 0 Å². The van der Waals surface area contributed by atoms with E-state index in [2.05, 4.69) is 93.6 Å². The lowest BCUT2D eigenvalue weighted by Crippen LogP contribution is -2.66. The third-order valence-electron chi connectivity index (χ3n) is 6.59. The van der Waals surface area contributed by atoms with E-state index in [1.165, 1.54) is 10.4 Å². The molecule has 3 aromatic carbocycles. The molecule has 4 rings (SSSR count). The van der Waals surface area contributed by atoms with Crippen LogP contribution in [0.25, 0.3) is 0 Å². The summed E-state index contributed by atoms with van der Waals surface area (Å²) in [5.41, 5.74) is 0.711. The van der Waals surface area contributed by atoms with Crippen LogP contribution in [0.4, 0.5) is 0 Å². The Labute approximate surface area is 181 Å². The molecular formula is C27H30O2Si. The summed E-state index contributed by atoms with van der Waals surface area (Å²) in [6.07, 6.45) is 2.00. The second-order valence-electron chi connectivity index (χ2n) is 9.40. The molecule has 1 aliphatic carbocycles. The van der Waals surface area contributed by atoms with Gasteiger partial charge in [0.15, 0.2) is 0 Å². The van der Waals surface area contributed by atoms with Crippen molar-refractivity contribution in [3.05, 3.63) is 96.6 Å². The highest BCUT2D eigenvalue weighted by Crippen LogP contribution is 2.53. The molecule has 0 radical (unpaired) electrons. The highest BCUT2D eigenvalue weighted by molar-refractivity contribution is 6.99. The lowest BCUT2D eigenvalue weighted by atomic mass is 9.95. The zero-order valence-corrected chi connectivity index (χ0v) is 19.0. The van der Waals surface area contributed by atoms with Gasteiger partial charge < -0.3 is 9.22 Å². The minimum atomic E-state index is -2.56. The molecule has 154 valence electrons. The van der Waals surface area contributed by atoms with Crippen molar-refractivity contribution in [2.45, 2.75) is 37.6 Å². The van der Waals surface area contributed by atoms with Crippen LogP contribution in [0.3, 0.4) is 0 Å². The van der Waals surface area contributed by atoms with Crippen molar-refractivity contribution in [1.29, 1.82) is 0 Å². The van der Waals surface area contributed by atoms with Crippen LogP contribution >= 0.6 is 0 Å². The van der Waals surface area contributed by atoms with Gasteiger partial charge in [0.1, 0.15) is 6.29 Å². The summed E-state index contributed by atoms with van der Waals surface area (Å²) < 4.78 is 7.05. The van der Waals surface area contributed by atoms with Gasteiger partial charge in [-0.2, -0.15) is 0 Å². The molecule has 2 nitrogen and oxygen atoms in total. The molecule has 0 aliphatic heterocycles. The predicted octanol–water partition coefficient (Wildman–Crippen LogP) is 4.72. The summed E-state index contributed by atoms with van der Waals surface area (Å²) in [6, 6.07) is 31.5. The van der Waals surface area contributed by atoms with Gasteiger partial charge in [-0.25, -0.2) is 0 Å². The van der Waals surface area contributed by atoms with E-state index in [0.717, 1.165) is 18.3 Å². The smallest absolute Gasteiger partial charge is 0.261 e. The molecule has 0 spiro atoms. The Hall–Kier alpha value is -2.49. The van der Waals surface area contributed by atoms with E-state index in [-0.39, 0.29) is 11.0 Å². The van der Waals surface area contributed by atoms with Gasteiger partial charge in [-0.1, -0.05) is 112 Å². The van der Waals surface area contributed by atoms with Gasteiger partial charge >= 0.3 is 0 Å². The Kier molecular flexibility index (Phi) is 5.52. The lowest BCUT2D eigenvalue weighted by molar-refractivity contribution is -0.110. The van der Waals surface area contributed by atoms with Gasteiger partial charge in [-0.15, -0.1) is 0 Å². The van der Waals surface area contributed by atoms with E-state index >= 15 is 0 Å². The maximum atomic E-state index is 12.1. The lowest BCUT2D eigenvalue weighted by Gasteiger charge is -2.43. The maximum Gasteiger partial charge on any atom is 0.261 e. The monoisotopic (exact) mass is 414 g/mol. The fourth-order valence-corrected chi connectivity index (χ4v) is 9.46. The molecule has 3 heteroatoms. The highest BCUT2D eigenvalue weighted by Gasteiger charge is 2.58. The van der Waals surface area contributed by atoms with E-state index in [4.69, 9.17) is 4.43 Å². The normalized spacial score (nSPS) is 21.2. The molecule has 2 atom stereocenters. The topological polar surface area (TPSA) is 26.3 Å². The van der Waals surface area contributed by atoms with Crippen LogP contribution in [0.15, 0.2) is 91.0 Å². The van der Waals surface area contributed by atoms with Gasteiger partial charge in [0.2, 0.25) is 0 Å². The Morgan fingerprint density at radius 1 is 0.867 bits per heavy atom. The molecule has 0 amide bonds. The van der Waals surface area contributed by atoms with E-state index in [1.807, 2.05) is 18.2 Å². The zero-order valence-electron chi connectivity index (χ0n) is 18.0. The second-order valence-corrected chi connectivity index (χ2v) is 13.7. The third-order valence-corrected chi connectivity index (χ3v) is 11.6. The third kappa shape index (κ3) is 3.46. The van der Waals surface area contributed by atoms with E-state index in [0.29, 0.717) is 6.61 Å². The van der Waals surface area contributed by atoms with E-state index in [1.54, 1.807) is 0 Å². The number of hydrogen-bond donors (Lipinski definition) is 0. The molecule has 0 aromatic heterocycles. The molecule has 30 heavy (non-hydrogen) atoms. The molecule has 0 unspecified atom stereocenters. The average molecular weight is 415 g/mol.